The zero-order valence-electron chi connectivity index (χ0n) is 5.13. The minimum absolute atomic E-state index is 0. The van der Waals surface area contributed by atoms with Gasteiger partial charge in [0.2, 0.25) is 0 Å². The molecular weight excluding hydrogens is 319 g/mol. The predicted octanol–water partition coefficient (Wildman–Crippen LogP) is -6.05. The molecule has 0 aromatic rings. The van der Waals surface area contributed by atoms with E-state index in [-0.39, 0.29) is 66.2 Å². The van der Waals surface area contributed by atoms with Gasteiger partial charge in [0.25, 0.3) is 0 Å². The van der Waals surface area contributed by atoms with Crippen molar-refractivity contribution in [2.45, 2.75) is 0 Å². The van der Waals surface area contributed by atoms with Crippen molar-refractivity contribution in [3.63, 3.8) is 0 Å². The summed E-state index contributed by atoms with van der Waals surface area (Å²) in [5.41, 5.74) is 0. The van der Waals surface area contributed by atoms with Gasteiger partial charge in [0, 0.05) is 10.4 Å². The zero-order chi connectivity index (χ0) is 8.08. The van der Waals surface area contributed by atoms with Crippen molar-refractivity contribution >= 4 is 84.0 Å². The van der Waals surface area contributed by atoms with Crippen LogP contribution in [0.4, 0.5) is 0 Å². The Kier molecular flexibility index (Phi) is 25.0. The molecule has 0 fully saturated rings. The van der Waals surface area contributed by atoms with Crippen LogP contribution in [-0.4, -0.2) is 91.1 Å². The summed E-state index contributed by atoms with van der Waals surface area (Å²) in [5.74, 6) is 0. The monoisotopic (exact) mass is 320 g/mol. The van der Waals surface area contributed by atoms with Gasteiger partial charge in [-0.25, -0.2) is 0 Å². The summed E-state index contributed by atoms with van der Waals surface area (Å²) in [6.45, 7) is 0. The van der Waals surface area contributed by atoms with Crippen molar-refractivity contribution in [3.05, 3.63) is 0 Å². The van der Waals surface area contributed by atoms with Gasteiger partial charge in [0.05, 0.1) is 0 Å². The van der Waals surface area contributed by atoms with E-state index in [0.29, 0.717) is 0 Å². The quantitative estimate of drug-likeness (QED) is 0.245. The summed E-state index contributed by atoms with van der Waals surface area (Å²) in [4.78, 5) is 0. The first-order valence-corrected chi connectivity index (χ1v) is 2.71. The molecule has 0 heterocycles. The Hall–Kier alpha value is 1.92. The molecule has 0 spiro atoms. The van der Waals surface area contributed by atoms with Crippen molar-refractivity contribution in [3.8, 4) is 0 Å². The minimum Gasteiger partial charge on any atom is -0.907 e. The van der Waals surface area contributed by atoms with Crippen LogP contribution in [0.3, 0.4) is 0 Å². The smallest absolute Gasteiger partial charge is 0.907 e. The van der Waals surface area contributed by atoms with E-state index in [0.717, 1.165) is 0 Å². The fraction of sp³-hybridized carbons (Fsp3) is 0. The molecular formula is AlBBaO7S. The first-order valence-electron chi connectivity index (χ1n) is 1.37. The second-order valence-corrected chi connectivity index (χ2v) is 1.51. The summed E-state index contributed by atoms with van der Waals surface area (Å²) >= 11 is 0. The summed E-state index contributed by atoms with van der Waals surface area (Å²) in [7, 11) is -8.08. The normalized spacial score (nSPS) is 7.73. The molecule has 0 unspecified atom stereocenters. The van der Waals surface area contributed by atoms with Gasteiger partial charge in [-0.15, -0.1) is 0 Å². The van der Waals surface area contributed by atoms with Crippen LogP contribution in [0.25, 0.3) is 0 Å². The molecule has 0 amide bonds. The third-order valence-corrected chi connectivity index (χ3v) is 0. The summed E-state index contributed by atoms with van der Waals surface area (Å²) in [6.07, 6.45) is 0. The van der Waals surface area contributed by atoms with Gasteiger partial charge < -0.3 is 24.2 Å². The molecule has 0 aromatic heterocycles. The maximum absolute atomic E-state index is 8.52. The van der Waals surface area contributed by atoms with Gasteiger partial charge in [0.1, 0.15) is 0 Å². The molecule has 0 N–H and O–H groups in total. The Morgan fingerprint density at radius 3 is 1.00 bits per heavy atom. The van der Waals surface area contributed by atoms with Crippen LogP contribution >= 0.6 is 0 Å². The van der Waals surface area contributed by atoms with Crippen LogP contribution in [0, 0.1) is 0 Å². The molecule has 0 saturated heterocycles. The minimum atomic E-state index is -5.17. The second kappa shape index (κ2) is 11.9. The van der Waals surface area contributed by atoms with E-state index < -0.39 is 17.7 Å². The van der Waals surface area contributed by atoms with E-state index in [1.165, 1.54) is 0 Å². The van der Waals surface area contributed by atoms with Crippen molar-refractivity contribution in [2.75, 3.05) is 0 Å². The van der Waals surface area contributed by atoms with Crippen LogP contribution in [0.2, 0.25) is 0 Å². The maximum Gasteiger partial charge on any atom is 3.00 e. The van der Waals surface area contributed by atoms with Crippen molar-refractivity contribution < 1.29 is 32.6 Å². The molecule has 0 rings (SSSR count). The van der Waals surface area contributed by atoms with Crippen LogP contribution in [0.1, 0.15) is 0 Å². The number of hydrogen-bond acceptors (Lipinski definition) is 7. The second-order valence-electron chi connectivity index (χ2n) is 0.697. The van der Waals surface area contributed by atoms with Gasteiger partial charge in [-0.2, -0.15) is 0 Å². The predicted molar refractivity (Wildman–Crippen MR) is 27.7 cm³/mol. The Bertz CT molecular complexity index is 130. The SMILES string of the molecule is O=S(=O)([O-])[O-].[Al+3].[Ba+2].[O-]B([O-])[O-]. The fourth-order valence-corrected chi connectivity index (χ4v) is 0. The molecule has 0 aromatic carbocycles. The summed E-state index contributed by atoms with van der Waals surface area (Å²) in [5, 5.41) is 25.2. The Morgan fingerprint density at radius 2 is 1.00 bits per heavy atom. The number of hydrogen-bond donors (Lipinski definition) is 0. The van der Waals surface area contributed by atoms with Gasteiger partial charge in [-0.1, -0.05) is 0 Å². The van der Waals surface area contributed by atoms with E-state index >= 15 is 0 Å². The van der Waals surface area contributed by atoms with Gasteiger partial charge >= 0.3 is 66.2 Å². The topological polar surface area (TPSA) is 149 Å². The molecule has 0 saturated carbocycles. The first-order chi connectivity index (χ1) is 3.73. The van der Waals surface area contributed by atoms with E-state index in [4.69, 9.17) is 32.6 Å². The van der Waals surface area contributed by atoms with Crippen LogP contribution < -0.4 is 15.1 Å². The Morgan fingerprint density at radius 1 is 1.00 bits per heavy atom. The zero-order valence-corrected chi connectivity index (χ0v) is 11.5. The molecule has 0 aliphatic rings. The summed E-state index contributed by atoms with van der Waals surface area (Å²) in [6, 6.07) is 0. The van der Waals surface area contributed by atoms with Gasteiger partial charge in [0.15, 0.2) is 0 Å². The largest absolute Gasteiger partial charge is 3.00 e. The molecule has 0 radical (unpaired) electrons. The standard InChI is InChI=1S/Al.BO3.Ba.H2O4S/c;2-1(3)4;;1-5(2,3)4/h;;;(H2,1,2,3,4)/q+3;-3;+2;/p-2. The average molecular weight is 319 g/mol. The Balaban J connectivity index is -0.0000000383. The van der Waals surface area contributed by atoms with Crippen molar-refractivity contribution in [1.82, 2.24) is 0 Å². The third-order valence-electron chi connectivity index (χ3n) is 0. The van der Waals surface area contributed by atoms with Crippen LogP contribution in [-0.2, 0) is 10.4 Å². The molecule has 0 aliphatic carbocycles. The van der Waals surface area contributed by atoms with E-state index in [2.05, 4.69) is 0 Å². The summed E-state index contributed by atoms with van der Waals surface area (Å²) < 4.78 is 34.1. The fourth-order valence-electron chi connectivity index (χ4n) is 0. The molecule has 11 heavy (non-hydrogen) atoms. The van der Waals surface area contributed by atoms with Gasteiger partial charge in [-0.05, 0) is 0 Å². The van der Waals surface area contributed by atoms with E-state index in [1.807, 2.05) is 0 Å². The average Bonchev–Trinajstić information content (AvgIpc) is 1.19. The molecule has 11 heteroatoms. The molecule has 0 bridgehead atoms. The Labute approximate surface area is 115 Å². The molecule has 7 nitrogen and oxygen atoms in total. The van der Waals surface area contributed by atoms with Crippen molar-refractivity contribution in [1.29, 1.82) is 0 Å². The molecule has 0 atom stereocenters. The maximum atomic E-state index is 8.52. The van der Waals surface area contributed by atoms with Crippen molar-refractivity contribution in [2.24, 2.45) is 0 Å². The first kappa shape index (κ1) is 23.1. The number of rotatable bonds is 0. The van der Waals surface area contributed by atoms with E-state index in [1.54, 1.807) is 0 Å². The van der Waals surface area contributed by atoms with Crippen LogP contribution in [0.15, 0.2) is 0 Å². The van der Waals surface area contributed by atoms with Gasteiger partial charge in [-0.3, -0.25) is 15.7 Å². The third kappa shape index (κ3) is 318. The van der Waals surface area contributed by atoms with E-state index in [9.17, 15) is 0 Å². The molecule has 56 valence electrons. The molecule has 0 aliphatic heterocycles. The van der Waals surface area contributed by atoms with Crippen LogP contribution in [0.5, 0.6) is 0 Å².